The number of benzene rings is 3. The Hall–Kier alpha value is -2.90. The van der Waals surface area contributed by atoms with E-state index in [2.05, 4.69) is 0 Å². The molecule has 3 aromatic carbocycles. The van der Waals surface area contributed by atoms with Crippen molar-refractivity contribution in [3.63, 3.8) is 0 Å². The Morgan fingerprint density at radius 2 is 0.824 bits per heavy atom. The molecule has 3 aromatic rings. The maximum atomic E-state index is 12.2. The number of hydrogen-bond acceptors (Lipinski definition) is 6. The van der Waals surface area contributed by atoms with E-state index in [-0.39, 0.29) is 32.3 Å². The first-order valence-electron chi connectivity index (χ1n) is 9.56. The summed E-state index contributed by atoms with van der Waals surface area (Å²) >= 11 is 23.4. The molecule has 34 heavy (non-hydrogen) atoms. The minimum Gasteiger partial charge on any atom is -0.454 e. The second-order valence-corrected chi connectivity index (χ2v) is 8.46. The number of carbonyl (C=O) groups excluding carboxylic acids is 4. The molecule has 0 heterocycles. The molecule has 174 valence electrons. The molecule has 0 aliphatic carbocycles. The summed E-state index contributed by atoms with van der Waals surface area (Å²) in [5.74, 6) is -2.44. The van der Waals surface area contributed by atoms with Gasteiger partial charge in [0.25, 0.3) is 0 Å². The van der Waals surface area contributed by atoms with Gasteiger partial charge in [-0.1, -0.05) is 46.4 Å². The van der Waals surface area contributed by atoms with E-state index in [0.717, 1.165) is 0 Å². The van der Waals surface area contributed by atoms with Gasteiger partial charge in [-0.25, -0.2) is 9.59 Å². The van der Waals surface area contributed by atoms with E-state index in [1.165, 1.54) is 60.7 Å². The zero-order chi connectivity index (χ0) is 24.8. The maximum absolute atomic E-state index is 12.2. The molecule has 0 amide bonds. The first-order valence-corrected chi connectivity index (χ1v) is 11.1. The predicted octanol–water partition coefficient (Wildman–Crippen LogP) is 6.38. The van der Waals surface area contributed by atoms with Crippen molar-refractivity contribution in [1.29, 1.82) is 0 Å². The van der Waals surface area contributed by atoms with Gasteiger partial charge in [0.15, 0.2) is 24.8 Å². The second-order valence-electron chi connectivity index (χ2n) is 6.83. The number of rotatable bonds is 8. The van der Waals surface area contributed by atoms with E-state index < -0.39 is 36.7 Å². The summed E-state index contributed by atoms with van der Waals surface area (Å²) in [6.45, 7) is -1.01. The van der Waals surface area contributed by atoms with Crippen molar-refractivity contribution in [2.75, 3.05) is 13.2 Å². The standard InChI is InChI=1S/C24H14Cl4O6/c25-17-7-5-15(9-19(17)27)21(29)11-33-23(31)13-1-2-14(4-3-13)24(32)34-12-22(30)16-6-8-18(26)20(28)10-16/h1-10H,11-12H2. The van der Waals surface area contributed by atoms with Crippen LogP contribution in [0.25, 0.3) is 0 Å². The van der Waals surface area contributed by atoms with E-state index in [9.17, 15) is 19.2 Å². The number of halogens is 4. The minimum absolute atomic E-state index is 0.116. The lowest BCUT2D eigenvalue weighted by atomic mass is 10.1. The van der Waals surface area contributed by atoms with Gasteiger partial charge in [0.2, 0.25) is 0 Å². The summed E-state index contributed by atoms with van der Waals surface area (Å²) in [4.78, 5) is 48.7. The van der Waals surface area contributed by atoms with Crippen LogP contribution in [0.4, 0.5) is 0 Å². The molecule has 0 fully saturated rings. The van der Waals surface area contributed by atoms with Crippen LogP contribution in [-0.2, 0) is 9.47 Å². The van der Waals surface area contributed by atoms with Gasteiger partial charge in [0.1, 0.15) is 0 Å². The van der Waals surface area contributed by atoms with E-state index >= 15 is 0 Å². The highest BCUT2D eigenvalue weighted by atomic mass is 35.5. The van der Waals surface area contributed by atoms with E-state index in [1.54, 1.807) is 0 Å². The van der Waals surface area contributed by atoms with Crippen LogP contribution in [0.1, 0.15) is 41.4 Å². The summed E-state index contributed by atoms with van der Waals surface area (Å²) in [7, 11) is 0. The topological polar surface area (TPSA) is 86.7 Å². The molecule has 0 N–H and O–H groups in total. The molecule has 3 rings (SSSR count). The molecule has 0 bridgehead atoms. The Labute approximate surface area is 214 Å². The Morgan fingerprint density at radius 1 is 0.500 bits per heavy atom. The van der Waals surface area contributed by atoms with Gasteiger partial charge in [0, 0.05) is 11.1 Å². The third kappa shape index (κ3) is 6.58. The van der Waals surface area contributed by atoms with Crippen molar-refractivity contribution in [2.24, 2.45) is 0 Å². The summed E-state index contributed by atoms with van der Waals surface area (Å²) in [6.07, 6.45) is 0. The first kappa shape index (κ1) is 25.7. The average molecular weight is 540 g/mol. The molecule has 0 saturated carbocycles. The highest BCUT2D eigenvalue weighted by Gasteiger charge is 2.16. The maximum Gasteiger partial charge on any atom is 0.338 e. The third-order valence-corrected chi connectivity index (χ3v) is 5.99. The molecule has 0 radical (unpaired) electrons. The Morgan fingerprint density at radius 3 is 1.15 bits per heavy atom. The van der Waals surface area contributed by atoms with Crippen LogP contribution in [0.2, 0.25) is 20.1 Å². The molecular weight excluding hydrogens is 526 g/mol. The smallest absolute Gasteiger partial charge is 0.338 e. The fraction of sp³-hybridized carbons (Fsp3) is 0.0833. The molecule has 0 spiro atoms. The fourth-order valence-electron chi connectivity index (χ4n) is 2.68. The highest BCUT2D eigenvalue weighted by Crippen LogP contribution is 2.24. The van der Waals surface area contributed by atoms with Crippen molar-refractivity contribution in [3.8, 4) is 0 Å². The van der Waals surface area contributed by atoms with E-state index in [4.69, 9.17) is 55.9 Å². The van der Waals surface area contributed by atoms with Crippen molar-refractivity contribution in [3.05, 3.63) is 103 Å². The largest absolute Gasteiger partial charge is 0.454 e. The van der Waals surface area contributed by atoms with Gasteiger partial charge in [-0.2, -0.15) is 0 Å². The molecular formula is C24H14Cl4O6. The van der Waals surface area contributed by atoms with Crippen molar-refractivity contribution >= 4 is 69.9 Å². The van der Waals surface area contributed by atoms with Crippen molar-refractivity contribution < 1.29 is 28.7 Å². The molecule has 0 aliphatic rings. The van der Waals surface area contributed by atoms with Crippen LogP contribution in [0, 0.1) is 0 Å². The average Bonchev–Trinajstić information content (AvgIpc) is 2.84. The van der Waals surface area contributed by atoms with Crippen LogP contribution in [0.15, 0.2) is 60.7 Å². The minimum atomic E-state index is -0.761. The van der Waals surface area contributed by atoms with Crippen LogP contribution in [0.3, 0.4) is 0 Å². The van der Waals surface area contributed by atoms with Gasteiger partial charge >= 0.3 is 11.9 Å². The quantitative estimate of drug-likeness (QED) is 0.244. The van der Waals surface area contributed by atoms with Crippen LogP contribution in [0.5, 0.6) is 0 Å². The molecule has 0 aromatic heterocycles. The summed E-state index contributed by atoms with van der Waals surface area (Å²) in [5, 5.41) is 1.01. The zero-order valence-electron chi connectivity index (χ0n) is 17.1. The second kappa shape index (κ2) is 11.5. The number of esters is 2. The van der Waals surface area contributed by atoms with E-state index in [0.29, 0.717) is 10.0 Å². The lowest BCUT2D eigenvalue weighted by Gasteiger charge is -2.07. The van der Waals surface area contributed by atoms with Gasteiger partial charge in [-0.3, -0.25) is 9.59 Å². The first-order chi connectivity index (χ1) is 16.2. The molecule has 0 saturated heterocycles. The molecule has 0 atom stereocenters. The Kier molecular flexibility index (Phi) is 8.69. The molecule has 6 nitrogen and oxygen atoms in total. The normalized spacial score (nSPS) is 10.5. The van der Waals surface area contributed by atoms with Crippen molar-refractivity contribution in [2.45, 2.75) is 0 Å². The summed E-state index contributed by atoms with van der Waals surface area (Å²) < 4.78 is 10.0. The predicted molar refractivity (Wildman–Crippen MR) is 129 cm³/mol. The number of ether oxygens (including phenoxy) is 2. The number of hydrogen-bond donors (Lipinski definition) is 0. The molecule has 10 heteroatoms. The number of carbonyl (C=O) groups is 4. The van der Waals surface area contributed by atoms with Crippen molar-refractivity contribution in [1.82, 2.24) is 0 Å². The molecule has 0 unspecified atom stereocenters. The number of Topliss-reactive ketones (excluding diaryl/α,β-unsaturated/α-hetero) is 2. The fourth-order valence-corrected chi connectivity index (χ4v) is 3.27. The van der Waals surface area contributed by atoms with Gasteiger partial charge < -0.3 is 9.47 Å². The van der Waals surface area contributed by atoms with Crippen LogP contribution in [-0.4, -0.2) is 36.7 Å². The summed E-state index contributed by atoms with van der Waals surface area (Å²) in [6, 6.07) is 14.0. The lowest BCUT2D eigenvalue weighted by Crippen LogP contribution is -2.15. The highest BCUT2D eigenvalue weighted by molar-refractivity contribution is 6.42. The van der Waals surface area contributed by atoms with Gasteiger partial charge in [-0.05, 0) is 60.7 Å². The summed E-state index contributed by atoms with van der Waals surface area (Å²) in [5.41, 5.74) is 0.724. The monoisotopic (exact) mass is 538 g/mol. The van der Waals surface area contributed by atoms with Gasteiger partial charge in [-0.15, -0.1) is 0 Å². The SMILES string of the molecule is O=C(COC(=O)c1ccc(C(=O)OCC(=O)c2ccc(Cl)c(Cl)c2)cc1)c1ccc(Cl)c(Cl)c1. The third-order valence-electron chi connectivity index (χ3n) is 4.51. The zero-order valence-corrected chi connectivity index (χ0v) is 20.2. The van der Waals surface area contributed by atoms with E-state index in [1.807, 2.05) is 0 Å². The lowest BCUT2D eigenvalue weighted by molar-refractivity contribution is 0.0467. The van der Waals surface area contributed by atoms with Crippen LogP contribution >= 0.6 is 46.4 Å². The van der Waals surface area contributed by atoms with Crippen LogP contribution < -0.4 is 0 Å². The molecule has 0 aliphatic heterocycles. The Balaban J connectivity index is 1.53. The van der Waals surface area contributed by atoms with Gasteiger partial charge in [0.05, 0.1) is 31.2 Å². The number of ketones is 2. The Bertz CT molecular complexity index is 1170.